The van der Waals surface area contributed by atoms with Gasteiger partial charge >= 0.3 is 0 Å². The molecule has 0 unspecified atom stereocenters. The number of halogens is 2. The fourth-order valence-electron chi connectivity index (χ4n) is 2.98. The first-order valence-electron chi connectivity index (χ1n) is 9.31. The van der Waals surface area contributed by atoms with Gasteiger partial charge in [-0.25, -0.2) is 4.98 Å². The average molecular weight is 546 g/mol. The van der Waals surface area contributed by atoms with Crippen molar-refractivity contribution in [3.8, 4) is 22.1 Å². The SMILES string of the molecule is CCOc1cc(Br)c(Br)c(C=Nc2ccc(-c3nc4ccc(C)cc4s3)cc2)c1O. The van der Waals surface area contributed by atoms with E-state index in [0.717, 1.165) is 26.2 Å². The molecule has 0 aliphatic carbocycles. The summed E-state index contributed by atoms with van der Waals surface area (Å²) in [7, 11) is 0. The van der Waals surface area contributed by atoms with E-state index in [1.54, 1.807) is 23.6 Å². The summed E-state index contributed by atoms with van der Waals surface area (Å²) in [4.78, 5) is 9.25. The highest BCUT2D eigenvalue weighted by Gasteiger charge is 2.14. The van der Waals surface area contributed by atoms with E-state index in [9.17, 15) is 5.11 Å². The van der Waals surface area contributed by atoms with E-state index >= 15 is 0 Å². The predicted octanol–water partition coefficient (Wildman–Crippen LogP) is 7.65. The highest BCUT2D eigenvalue weighted by atomic mass is 79.9. The first-order chi connectivity index (χ1) is 14.5. The largest absolute Gasteiger partial charge is 0.504 e. The molecule has 4 rings (SSSR count). The van der Waals surface area contributed by atoms with Gasteiger partial charge in [-0.3, -0.25) is 4.99 Å². The standard InChI is InChI=1S/C23H18Br2N2O2S/c1-3-29-19-11-17(24)21(25)16(22(19)28)12-26-15-7-5-14(6-8-15)23-27-18-9-4-13(2)10-20(18)30-23/h4-12,28H,3H2,1-2H3. The van der Waals surface area contributed by atoms with Crippen LogP contribution in [0.3, 0.4) is 0 Å². The Hall–Kier alpha value is -2.22. The van der Waals surface area contributed by atoms with Crippen molar-refractivity contribution in [1.82, 2.24) is 4.98 Å². The molecule has 1 aromatic heterocycles. The summed E-state index contributed by atoms with van der Waals surface area (Å²) in [6, 6.07) is 15.9. The van der Waals surface area contributed by atoms with Crippen molar-refractivity contribution in [3.05, 3.63) is 68.6 Å². The second kappa shape index (κ2) is 8.88. The van der Waals surface area contributed by atoms with Gasteiger partial charge in [-0.2, -0.15) is 0 Å². The zero-order valence-electron chi connectivity index (χ0n) is 16.3. The first kappa shape index (κ1) is 21.0. The third-order valence-corrected chi connectivity index (χ3v) is 7.57. The van der Waals surface area contributed by atoms with E-state index in [1.807, 2.05) is 31.2 Å². The van der Waals surface area contributed by atoms with Crippen LogP contribution in [0.4, 0.5) is 5.69 Å². The van der Waals surface area contributed by atoms with Crippen molar-refractivity contribution in [2.24, 2.45) is 4.99 Å². The number of rotatable bonds is 5. The molecule has 4 nitrogen and oxygen atoms in total. The molecule has 152 valence electrons. The Kier molecular flexibility index (Phi) is 6.22. The number of hydrogen-bond acceptors (Lipinski definition) is 5. The van der Waals surface area contributed by atoms with Crippen LogP contribution in [-0.2, 0) is 0 Å². The van der Waals surface area contributed by atoms with Crippen LogP contribution in [0.5, 0.6) is 11.5 Å². The second-order valence-electron chi connectivity index (χ2n) is 6.66. The van der Waals surface area contributed by atoms with Crippen molar-refractivity contribution < 1.29 is 9.84 Å². The Morgan fingerprint density at radius 1 is 1.13 bits per heavy atom. The molecule has 0 atom stereocenters. The van der Waals surface area contributed by atoms with Gasteiger partial charge in [0.2, 0.25) is 0 Å². The van der Waals surface area contributed by atoms with Gasteiger partial charge in [0.15, 0.2) is 11.5 Å². The molecule has 1 N–H and O–H groups in total. The van der Waals surface area contributed by atoms with Crippen LogP contribution in [0, 0.1) is 6.92 Å². The molecule has 0 saturated heterocycles. The number of nitrogens with zero attached hydrogens (tertiary/aromatic N) is 2. The van der Waals surface area contributed by atoms with Crippen LogP contribution in [-0.4, -0.2) is 22.9 Å². The van der Waals surface area contributed by atoms with Crippen LogP contribution < -0.4 is 4.74 Å². The number of aromatic hydroxyl groups is 1. The highest BCUT2D eigenvalue weighted by Crippen LogP contribution is 2.40. The molecule has 0 amide bonds. The predicted molar refractivity (Wildman–Crippen MR) is 132 cm³/mol. The topological polar surface area (TPSA) is 54.7 Å². The number of thiazole rings is 1. The van der Waals surface area contributed by atoms with Gasteiger partial charge in [0.25, 0.3) is 0 Å². The Balaban J connectivity index is 1.61. The fraction of sp³-hybridized carbons (Fsp3) is 0.130. The van der Waals surface area contributed by atoms with Crippen molar-refractivity contribution in [1.29, 1.82) is 0 Å². The van der Waals surface area contributed by atoms with Crippen molar-refractivity contribution in [2.45, 2.75) is 13.8 Å². The van der Waals surface area contributed by atoms with E-state index in [1.165, 1.54) is 10.3 Å². The normalized spacial score (nSPS) is 11.5. The molecular formula is C23H18Br2N2O2S. The molecular weight excluding hydrogens is 528 g/mol. The lowest BCUT2D eigenvalue weighted by atomic mass is 10.2. The zero-order valence-corrected chi connectivity index (χ0v) is 20.3. The van der Waals surface area contributed by atoms with E-state index in [4.69, 9.17) is 9.72 Å². The molecule has 4 aromatic rings. The van der Waals surface area contributed by atoms with Gasteiger partial charge in [-0.05, 0) is 93.7 Å². The molecule has 0 spiro atoms. The van der Waals surface area contributed by atoms with Gasteiger partial charge in [0.1, 0.15) is 5.01 Å². The summed E-state index contributed by atoms with van der Waals surface area (Å²) >= 11 is 8.65. The summed E-state index contributed by atoms with van der Waals surface area (Å²) < 4.78 is 8.18. The maximum atomic E-state index is 10.5. The number of phenolic OH excluding ortho intramolecular Hbond substituents is 1. The number of ether oxygens (including phenoxy) is 1. The zero-order chi connectivity index (χ0) is 21.3. The van der Waals surface area contributed by atoms with Gasteiger partial charge in [0.05, 0.1) is 28.1 Å². The lowest BCUT2D eigenvalue weighted by Gasteiger charge is -2.11. The minimum atomic E-state index is 0.0528. The fourth-order valence-corrected chi connectivity index (χ4v) is 4.88. The molecule has 30 heavy (non-hydrogen) atoms. The number of benzene rings is 3. The molecule has 0 fully saturated rings. The molecule has 1 heterocycles. The molecule has 7 heteroatoms. The molecule has 0 bridgehead atoms. The summed E-state index contributed by atoms with van der Waals surface area (Å²) in [6.07, 6.45) is 1.63. The first-order valence-corrected chi connectivity index (χ1v) is 11.7. The van der Waals surface area contributed by atoms with Crippen LogP contribution in [0.15, 0.2) is 62.5 Å². The number of fused-ring (bicyclic) bond motifs is 1. The van der Waals surface area contributed by atoms with Gasteiger partial charge in [0, 0.05) is 20.7 Å². The van der Waals surface area contributed by atoms with Crippen LogP contribution in [0.1, 0.15) is 18.1 Å². The van der Waals surface area contributed by atoms with Crippen molar-refractivity contribution in [2.75, 3.05) is 6.61 Å². The van der Waals surface area contributed by atoms with Crippen LogP contribution in [0.25, 0.3) is 20.8 Å². The average Bonchev–Trinajstić information content (AvgIpc) is 3.15. The maximum Gasteiger partial charge on any atom is 0.167 e. The lowest BCUT2D eigenvalue weighted by Crippen LogP contribution is -1.95. The van der Waals surface area contributed by atoms with E-state index < -0.39 is 0 Å². The van der Waals surface area contributed by atoms with Crippen molar-refractivity contribution in [3.63, 3.8) is 0 Å². The lowest BCUT2D eigenvalue weighted by molar-refractivity contribution is 0.317. The highest BCUT2D eigenvalue weighted by molar-refractivity contribution is 9.13. The molecule has 0 aliphatic rings. The third-order valence-electron chi connectivity index (χ3n) is 4.49. The second-order valence-corrected chi connectivity index (χ2v) is 9.34. The maximum absolute atomic E-state index is 10.5. The smallest absolute Gasteiger partial charge is 0.167 e. The number of hydrogen-bond donors (Lipinski definition) is 1. The molecule has 0 aliphatic heterocycles. The monoisotopic (exact) mass is 544 g/mol. The van der Waals surface area contributed by atoms with E-state index in [0.29, 0.717) is 22.4 Å². The molecule has 0 saturated carbocycles. The third kappa shape index (κ3) is 4.29. The Bertz CT molecular complexity index is 1250. The van der Waals surface area contributed by atoms with E-state index in [-0.39, 0.29) is 5.75 Å². The number of aromatic nitrogens is 1. The van der Waals surface area contributed by atoms with Gasteiger partial charge in [-0.15, -0.1) is 11.3 Å². The number of aliphatic imine (C=N–C) groups is 1. The number of aryl methyl sites for hydroxylation is 1. The molecule has 3 aromatic carbocycles. The minimum absolute atomic E-state index is 0.0528. The van der Waals surface area contributed by atoms with Crippen LogP contribution >= 0.6 is 43.2 Å². The summed E-state index contributed by atoms with van der Waals surface area (Å²) in [6.45, 7) is 4.42. The summed E-state index contributed by atoms with van der Waals surface area (Å²) in [5.41, 5.74) is 4.64. The summed E-state index contributed by atoms with van der Waals surface area (Å²) in [5.74, 6) is 0.465. The Morgan fingerprint density at radius 3 is 2.63 bits per heavy atom. The Labute approximate surface area is 195 Å². The molecule has 0 radical (unpaired) electrons. The van der Waals surface area contributed by atoms with Crippen LogP contribution in [0.2, 0.25) is 0 Å². The van der Waals surface area contributed by atoms with Gasteiger partial charge < -0.3 is 9.84 Å². The quantitative estimate of drug-likeness (QED) is 0.262. The minimum Gasteiger partial charge on any atom is -0.504 e. The van der Waals surface area contributed by atoms with Crippen molar-refractivity contribution >= 4 is 65.3 Å². The number of phenols is 1. The summed E-state index contributed by atoms with van der Waals surface area (Å²) in [5, 5.41) is 11.5. The van der Waals surface area contributed by atoms with Gasteiger partial charge in [-0.1, -0.05) is 6.07 Å². The van der Waals surface area contributed by atoms with E-state index in [2.05, 4.69) is 62.0 Å². The Morgan fingerprint density at radius 2 is 1.90 bits per heavy atom.